The summed E-state index contributed by atoms with van der Waals surface area (Å²) in [5.74, 6) is -8.08. The van der Waals surface area contributed by atoms with Crippen LogP contribution in [0.2, 0.25) is 5.02 Å². The van der Waals surface area contributed by atoms with E-state index >= 15 is 0 Å². The van der Waals surface area contributed by atoms with Crippen molar-refractivity contribution >= 4 is 29.6 Å². The fraction of sp³-hybridized carbons (Fsp3) is 0.400. The second-order valence-electron chi connectivity index (χ2n) is 4.97. The molecule has 0 radical (unpaired) electrons. The molecule has 1 fully saturated rings. The summed E-state index contributed by atoms with van der Waals surface area (Å²) in [6, 6.07) is 0.383. The predicted octanol–water partition coefficient (Wildman–Crippen LogP) is 3.35. The lowest BCUT2D eigenvalue weighted by Gasteiger charge is -2.12. The van der Waals surface area contributed by atoms with Crippen LogP contribution in [0.5, 0.6) is 0 Å². The zero-order chi connectivity index (χ0) is 17.1. The molecule has 1 atom stereocenters. The summed E-state index contributed by atoms with van der Waals surface area (Å²) in [4.78, 5) is 28.2. The van der Waals surface area contributed by atoms with Gasteiger partial charge in [-0.3, -0.25) is 14.6 Å². The Kier molecular flexibility index (Phi) is 5.41. The molecule has 1 unspecified atom stereocenters. The highest BCUT2D eigenvalue weighted by atomic mass is 35.5. The number of Topliss-reactive ketones (excluding diaryl/α,β-unsaturated/α-hetero) is 1. The summed E-state index contributed by atoms with van der Waals surface area (Å²) in [7, 11) is 0. The minimum Gasteiger partial charge on any atom is -0.465 e. The van der Waals surface area contributed by atoms with Crippen LogP contribution in [-0.4, -0.2) is 30.6 Å². The van der Waals surface area contributed by atoms with Gasteiger partial charge in [0.05, 0.1) is 12.2 Å². The smallest absolute Gasteiger partial charge is 0.322 e. The molecule has 1 aromatic carbocycles. The van der Waals surface area contributed by atoms with Crippen molar-refractivity contribution in [1.82, 2.24) is 0 Å². The maximum Gasteiger partial charge on any atom is 0.322 e. The van der Waals surface area contributed by atoms with Crippen molar-refractivity contribution in [3.63, 3.8) is 0 Å². The van der Waals surface area contributed by atoms with Crippen LogP contribution in [0.4, 0.5) is 13.2 Å². The lowest BCUT2D eigenvalue weighted by atomic mass is 9.98. The van der Waals surface area contributed by atoms with E-state index in [2.05, 4.69) is 4.99 Å². The number of ether oxygens (including phenoxy) is 1. The van der Waals surface area contributed by atoms with Crippen LogP contribution in [0.1, 0.15) is 30.1 Å². The van der Waals surface area contributed by atoms with Gasteiger partial charge in [-0.2, -0.15) is 0 Å². The predicted molar refractivity (Wildman–Crippen MR) is 77.3 cm³/mol. The number of aliphatic imine (C=N–C) groups is 1. The zero-order valence-corrected chi connectivity index (χ0v) is 12.9. The van der Waals surface area contributed by atoms with E-state index in [1.165, 1.54) is 6.92 Å². The van der Waals surface area contributed by atoms with Crippen LogP contribution in [0.3, 0.4) is 0 Å². The Balaban J connectivity index is 2.38. The lowest BCUT2D eigenvalue weighted by molar-refractivity contribution is -0.143. The van der Waals surface area contributed by atoms with Gasteiger partial charge in [0.15, 0.2) is 29.2 Å². The zero-order valence-electron chi connectivity index (χ0n) is 12.1. The van der Waals surface area contributed by atoms with Gasteiger partial charge in [0.1, 0.15) is 5.02 Å². The Morgan fingerprint density at radius 3 is 2.61 bits per heavy atom. The highest BCUT2D eigenvalue weighted by Crippen LogP contribution is 2.27. The number of ketones is 1. The van der Waals surface area contributed by atoms with Crippen molar-refractivity contribution in [2.45, 2.75) is 25.8 Å². The average molecular weight is 348 g/mol. The van der Waals surface area contributed by atoms with Crippen LogP contribution in [0.15, 0.2) is 11.1 Å². The van der Waals surface area contributed by atoms with E-state index in [4.69, 9.17) is 16.3 Å². The van der Waals surface area contributed by atoms with E-state index < -0.39 is 45.7 Å². The number of rotatable bonds is 6. The number of benzene rings is 1. The van der Waals surface area contributed by atoms with Crippen LogP contribution in [0.25, 0.3) is 0 Å². The van der Waals surface area contributed by atoms with E-state index in [0.717, 1.165) is 19.1 Å². The fourth-order valence-electron chi connectivity index (χ4n) is 1.82. The first-order chi connectivity index (χ1) is 10.9. The van der Waals surface area contributed by atoms with Crippen molar-refractivity contribution in [3.05, 3.63) is 34.1 Å². The molecule has 1 aliphatic carbocycles. The third kappa shape index (κ3) is 3.90. The van der Waals surface area contributed by atoms with Gasteiger partial charge in [-0.05, 0) is 25.8 Å². The highest BCUT2D eigenvalue weighted by molar-refractivity contribution is 6.31. The molecule has 1 aromatic rings. The first kappa shape index (κ1) is 17.5. The number of hydrogen-bond acceptors (Lipinski definition) is 4. The van der Waals surface area contributed by atoms with Gasteiger partial charge in [0, 0.05) is 12.3 Å². The Labute approximate surface area is 135 Å². The SMILES string of the molecule is CCOC(=O)C(C=NC1CC1)C(=O)c1cc(F)c(F)c(Cl)c1F. The molecular formula is C15H13ClF3NO3. The van der Waals surface area contributed by atoms with Crippen molar-refractivity contribution in [3.8, 4) is 0 Å². The van der Waals surface area contributed by atoms with Crippen molar-refractivity contribution in [2.24, 2.45) is 10.9 Å². The van der Waals surface area contributed by atoms with Gasteiger partial charge < -0.3 is 4.74 Å². The highest BCUT2D eigenvalue weighted by Gasteiger charge is 2.32. The van der Waals surface area contributed by atoms with E-state index in [1.54, 1.807) is 0 Å². The largest absolute Gasteiger partial charge is 0.465 e. The summed E-state index contributed by atoms with van der Waals surface area (Å²) >= 11 is 5.32. The Bertz CT molecular complexity index is 674. The topological polar surface area (TPSA) is 55.7 Å². The van der Waals surface area contributed by atoms with Crippen molar-refractivity contribution < 1.29 is 27.5 Å². The minimum absolute atomic E-state index is 0.000892. The molecule has 8 heteroatoms. The standard InChI is InChI=1S/C15H13ClF3NO3/c1-2-23-15(22)9(6-20-7-3-4-7)14(21)8-5-10(17)13(19)11(16)12(8)18/h5-7,9H,2-4H2,1H3. The molecule has 0 aromatic heterocycles. The molecule has 0 spiro atoms. The molecule has 1 saturated carbocycles. The third-order valence-corrected chi connectivity index (χ3v) is 3.52. The molecule has 2 rings (SSSR count). The minimum atomic E-state index is -1.60. The van der Waals surface area contributed by atoms with Gasteiger partial charge in [0.2, 0.25) is 0 Å². The summed E-state index contributed by atoms with van der Waals surface area (Å²) in [5, 5.41) is -1.14. The van der Waals surface area contributed by atoms with Crippen LogP contribution < -0.4 is 0 Å². The van der Waals surface area contributed by atoms with E-state index in [0.29, 0.717) is 6.07 Å². The summed E-state index contributed by atoms with van der Waals surface area (Å²) in [6.45, 7) is 1.54. The number of halogens is 4. The van der Waals surface area contributed by atoms with Crippen LogP contribution in [0, 0.1) is 23.4 Å². The van der Waals surface area contributed by atoms with E-state index in [-0.39, 0.29) is 12.6 Å². The second kappa shape index (κ2) is 7.12. The van der Waals surface area contributed by atoms with Crippen molar-refractivity contribution in [2.75, 3.05) is 6.61 Å². The Hall–Kier alpha value is -1.89. The van der Waals surface area contributed by atoms with Crippen LogP contribution in [-0.2, 0) is 9.53 Å². The molecule has 124 valence electrons. The molecule has 0 N–H and O–H groups in total. The van der Waals surface area contributed by atoms with Gasteiger partial charge in [-0.15, -0.1) is 0 Å². The number of esters is 1. The molecular weight excluding hydrogens is 335 g/mol. The molecule has 0 amide bonds. The molecule has 23 heavy (non-hydrogen) atoms. The number of carbonyl (C=O) groups is 2. The first-order valence-corrected chi connectivity index (χ1v) is 7.31. The van der Waals surface area contributed by atoms with Gasteiger partial charge >= 0.3 is 5.97 Å². The molecule has 0 saturated heterocycles. The second-order valence-corrected chi connectivity index (χ2v) is 5.35. The van der Waals surface area contributed by atoms with E-state index in [1.807, 2.05) is 0 Å². The number of nitrogens with zero attached hydrogens (tertiary/aromatic N) is 1. The monoisotopic (exact) mass is 347 g/mol. The number of hydrogen-bond donors (Lipinski definition) is 0. The Morgan fingerprint density at radius 1 is 1.39 bits per heavy atom. The molecule has 0 bridgehead atoms. The maximum absolute atomic E-state index is 14.0. The molecule has 1 aliphatic rings. The van der Waals surface area contributed by atoms with Gasteiger partial charge in [-0.1, -0.05) is 11.6 Å². The number of carbonyl (C=O) groups excluding carboxylic acids is 2. The molecule has 0 heterocycles. The third-order valence-electron chi connectivity index (χ3n) is 3.18. The fourth-order valence-corrected chi connectivity index (χ4v) is 2.01. The summed E-state index contributed by atoms with van der Waals surface area (Å²) in [6.07, 6.45) is 2.71. The normalized spacial score (nSPS) is 15.7. The summed E-state index contributed by atoms with van der Waals surface area (Å²) < 4.78 is 45.3. The quantitative estimate of drug-likeness (QED) is 0.198. The van der Waals surface area contributed by atoms with E-state index in [9.17, 15) is 22.8 Å². The maximum atomic E-state index is 14.0. The first-order valence-electron chi connectivity index (χ1n) is 6.94. The van der Waals surface area contributed by atoms with Gasteiger partial charge in [0.25, 0.3) is 0 Å². The average Bonchev–Trinajstić information content (AvgIpc) is 3.33. The van der Waals surface area contributed by atoms with Crippen molar-refractivity contribution in [1.29, 1.82) is 0 Å². The summed E-state index contributed by atoms with van der Waals surface area (Å²) in [5.41, 5.74) is -0.825. The lowest BCUT2D eigenvalue weighted by Crippen LogP contribution is -2.29. The molecule has 0 aliphatic heterocycles. The van der Waals surface area contributed by atoms with Gasteiger partial charge in [-0.25, -0.2) is 13.2 Å². The van der Waals surface area contributed by atoms with Crippen LogP contribution >= 0.6 is 11.6 Å². The Morgan fingerprint density at radius 2 is 2.04 bits per heavy atom. The molecule has 4 nitrogen and oxygen atoms in total.